The molecule has 43 heavy (non-hydrogen) atoms. The molecule has 0 bridgehead atoms. The lowest BCUT2D eigenvalue weighted by Gasteiger charge is -2.35. The molecule has 1 aromatic carbocycles. The summed E-state index contributed by atoms with van der Waals surface area (Å²) in [6.07, 6.45) is -1.10. The molecule has 1 rings (SSSR count). The van der Waals surface area contributed by atoms with E-state index in [1.165, 1.54) is 13.8 Å². The number of benzene rings is 1. The Morgan fingerprint density at radius 3 is 1.86 bits per heavy atom. The number of carbonyl (C=O) groups excluding carboxylic acids is 7. The van der Waals surface area contributed by atoms with Crippen molar-refractivity contribution >= 4 is 41.4 Å². The molecule has 0 heterocycles. The normalized spacial score (nSPS) is 13.5. The van der Waals surface area contributed by atoms with Gasteiger partial charge in [-0.2, -0.15) is 0 Å². The van der Waals surface area contributed by atoms with E-state index in [2.05, 4.69) is 26.6 Å². The van der Waals surface area contributed by atoms with Gasteiger partial charge in [0.15, 0.2) is 0 Å². The first-order chi connectivity index (χ1) is 20.2. The van der Waals surface area contributed by atoms with E-state index in [-0.39, 0.29) is 25.3 Å². The van der Waals surface area contributed by atoms with Crippen molar-refractivity contribution in [1.82, 2.24) is 31.5 Å². The van der Waals surface area contributed by atoms with Gasteiger partial charge in [0.1, 0.15) is 18.1 Å². The third kappa shape index (κ3) is 12.9. The van der Waals surface area contributed by atoms with E-state index in [1.807, 2.05) is 0 Å². The molecule has 0 fully saturated rings. The number of nitrogens with one attached hydrogen (secondary N) is 5. The zero-order valence-corrected chi connectivity index (χ0v) is 25.1. The molecule has 0 aliphatic carbocycles. The van der Waals surface area contributed by atoms with Gasteiger partial charge in [0.2, 0.25) is 41.4 Å². The van der Waals surface area contributed by atoms with Crippen LogP contribution in [0.2, 0.25) is 0 Å². The third-order valence-electron chi connectivity index (χ3n) is 6.21. The van der Waals surface area contributed by atoms with E-state index in [4.69, 9.17) is 5.73 Å². The van der Waals surface area contributed by atoms with Crippen LogP contribution in [0.25, 0.3) is 0 Å². The van der Waals surface area contributed by atoms with Crippen molar-refractivity contribution in [2.45, 2.75) is 77.7 Å². The monoisotopic (exact) mass is 605 g/mol. The molecule has 1 aromatic rings. The number of primary amides is 1. The Labute approximate surface area is 250 Å². The molecule has 0 saturated heterocycles. The van der Waals surface area contributed by atoms with Gasteiger partial charge in [-0.25, -0.2) is 0 Å². The Balaban J connectivity index is 2.94. The molecule has 0 saturated carbocycles. The molecule has 0 aliphatic rings. The van der Waals surface area contributed by atoms with Crippen LogP contribution < -0.4 is 32.3 Å². The molecule has 7 amide bonds. The fraction of sp³-hybridized carbons (Fsp3) is 0.536. The van der Waals surface area contributed by atoms with Gasteiger partial charge < -0.3 is 42.3 Å². The number of amides is 7. The Morgan fingerprint density at radius 1 is 0.791 bits per heavy atom. The highest BCUT2D eigenvalue weighted by atomic mass is 16.3. The van der Waals surface area contributed by atoms with Crippen molar-refractivity contribution < 1.29 is 38.7 Å². The molecule has 0 aliphatic heterocycles. The van der Waals surface area contributed by atoms with E-state index in [0.29, 0.717) is 5.56 Å². The highest BCUT2D eigenvalue weighted by Gasteiger charge is 2.35. The van der Waals surface area contributed by atoms with Crippen LogP contribution >= 0.6 is 0 Å². The zero-order chi connectivity index (χ0) is 32.7. The van der Waals surface area contributed by atoms with Crippen LogP contribution in [0.5, 0.6) is 0 Å². The fourth-order valence-electron chi connectivity index (χ4n) is 3.96. The lowest BCUT2D eigenvalue weighted by atomic mass is 10.0. The highest BCUT2D eigenvalue weighted by Crippen LogP contribution is 2.11. The first kappa shape index (κ1) is 36.5. The average Bonchev–Trinajstić information content (AvgIpc) is 2.95. The van der Waals surface area contributed by atoms with Gasteiger partial charge in [0.25, 0.3) is 0 Å². The van der Waals surface area contributed by atoms with Crippen LogP contribution in [0, 0.1) is 0 Å². The predicted molar refractivity (Wildman–Crippen MR) is 156 cm³/mol. The van der Waals surface area contributed by atoms with Crippen molar-refractivity contribution in [2.24, 2.45) is 5.73 Å². The number of rotatable bonds is 17. The highest BCUT2D eigenvalue weighted by molar-refractivity contribution is 5.95. The second kappa shape index (κ2) is 18.1. The zero-order valence-electron chi connectivity index (χ0n) is 25.1. The number of carbonyl (C=O) groups is 7. The van der Waals surface area contributed by atoms with Gasteiger partial charge >= 0.3 is 0 Å². The van der Waals surface area contributed by atoms with Gasteiger partial charge in [-0.05, 0) is 33.3 Å². The van der Waals surface area contributed by atoms with Crippen LogP contribution in [0.15, 0.2) is 30.3 Å². The Kier molecular flexibility index (Phi) is 15.4. The minimum absolute atomic E-state index is 0.0566. The second-order valence-corrected chi connectivity index (χ2v) is 10.1. The Bertz CT molecular complexity index is 1140. The largest absolute Gasteiger partial charge is 0.391 e. The summed E-state index contributed by atoms with van der Waals surface area (Å²) in [5.74, 6) is -4.65. The van der Waals surface area contributed by atoms with Crippen molar-refractivity contribution in [2.75, 3.05) is 19.6 Å². The van der Waals surface area contributed by atoms with Crippen LogP contribution in [-0.2, 0) is 40.0 Å². The van der Waals surface area contributed by atoms with Crippen molar-refractivity contribution in [1.29, 1.82) is 0 Å². The van der Waals surface area contributed by atoms with E-state index in [0.717, 1.165) is 4.90 Å². The maximum absolute atomic E-state index is 13.1. The number of aliphatic hydroxyl groups is 1. The smallest absolute Gasteiger partial charge is 0.245 e. The molecule has 0 aromatic heterocycles. The maximum atomic E-state index is 13.1. The minimum Gasteiger partial charge on any atom is -0.391 e. The average molecular weight is 606 g/mol. The fourth-order valence-corrected chi connectivity index (χ4v) is 3.96. The summed E-state index contributed by atoms with van der Waals surface area (Å²) >= 11 is 0. The lowest BCUT2D eigenvalue weighted by molar-refractivity contribution is -0.147. The van der Waals surface area contributed by atoms with E-state index in [9.17, 15) is 38.7 Å². The Hall–Kier alpha value is -4.53. The van der Waals surface area contributed by atoms with E-state index < -0.39 is 78.8 Å². The number of hydrogen-bond acceptors (Lipinski definition) is 8. The molecule has 0 spiro atoms. The number of nitrogens with two attached hydrogens (primary N) is 1. The summed E-state index contributed by atoms with van der Waals surface area (Å²) < 4.78 is 0. The van der Waals surface area contributed by atoms with E-state index in [1.54, 1.807) is 51.1 Å². The first-order valence-corrected chi connectivity index (χ1v) is 13.9. The predicted octanol–water partition coefficient (Wildman–Crippen LogP) is -2.55. The topological polar surface area (TPSA) is 229 Å². The molecule has 8 N–H and O–H groups in total. The summed E-state index contributed by atoms with van der Waals surface area (Å²) in [4.78, 5) is 87.6. The molecule has 238 valence electrons. The molecular weight excluding hydrogens is 562 g/mol. The standard InChI is InChI=1S/C28H43N7O8/c1-6-21(37)30-15-24(40)35(16(2)3)25(18(5)36)28(43)32-14-23(39)34-20(12-19-10-8-7-9-11-19)27(42)31-13-22(38)33-17(4)26(29)41/h7-11,16-18,20,25,36H,6,12-15H2,1-5H3,(H2,29,41)(H,30,37)(H,31,42)(H,32,43)(H,33,38)(H,34,39). The number of aliphatic hydroxyl groups excluding tert-OH is 1. The maximum Gasteiger partial charge on any atom is 0.245 e. The lowest BCUT2D eigenvalue weighted by Crippen LogP contribution is -2.60. The summed E-state index contributed by atoms with van der Waals surface area (Å²) in [5.41, 5.74) is 5.83. The minimum atomic E-state index is -1.37. The molecule has 4 unspecified atom stereocenters. The van der Waals surface area contributed by atoms with Gasteiger partial charge in [0.05, 0.1) is 25.7 Å². The Morgan fingerprint density at radius 2 is 1.35 bits per heavy atom. The first-order valence-electron chi connectivity index (χ1n) is 13.9. The third-order valence-corrected chi connectivity index (χ3v) is 6.21. The van der Waals surface area contributed by atoms with E-state index >= 15 is 0 Å². The summed E-state index contributed by atoms with van der Waals surface area (Å²) in [6, 6.07) is 4.75. The molecule has 4 atom stereocenters. The summed E-state index contributed by atoms with van der Waals surface area (Å²) in [7, 11) is 0. The molecule has 15 heteroatoms. The number of nitrogens with zero attached hydrogens (tertiary/aromatic N) is 1. The molecular formula is C28H43N7O8. The van der Waals surface area contributed by atoms with Crippen LogP contribution in [0.4, 0.5) is 0 Å². The van der Waals surface area contributed by atoms with Crippen LogP contribution in [0.3, 0.4) is 0 Å². The summed E-state index contributed by atoms with van der Waals surface area (Å²) in [5, 5.41) is 22.4. The van der Waals surface area contributed by atoms with Gasteiger partial charge in [0, 0.05) is 18.9 Å². The van der Waals surface area contributed by atoms with Crippen LogP contribution in [-0.4, -0.2) is 101 Å². The second-order valence-electron chi connectivity index (χ2n) is 10.1. The van der Waals surface area contributed by atoms with Gasteiger partial charge in [-0.15, -0.1) is 0 Å². The molecule has 0 radical (unpaired) electrons. The summed E-state index contributed by atoms with van der Waals surface area (Å²) in [6.45, 7) is 6.14. The van der Waals surface area contributed by atoms with Crippen LogP contribution in [0.1, 0.15) is 46.6 Å². The SMILES string of the molecule is CCC(=O)NCC(=O)N(C(C)C)C(C(=O)NCC(=O)NC(Cc1ccccc1)C(=O)NCC(=O)NC(C)C(N)=O)C(C)O. The molecule has 15 nitrogen and oxygen atoms in total. The van der Waals surface area contributed by atoms with Crippen molar-refractivity contribution in [3.05, 3.63) is 35.9 Å². The number of hydrogen-bond donors (Lipinski definition) is 7. The van der Waals surface area contributed by atoms with Gasteiger partial charge in [-0.1, -0.05) is 37.3 Å². The van der Waals surface area contributed by atoms with Crippen molar-refractivity contribution in [3.8, 4) is 0 Å². The van der Waals surface area contributed by atoms with Crippen molar-refractivity contribution in [3.63, 3.8) is 0 Å². The van der Waals surface area contributed by atoms with Gasteiger partial charge in [-0.3, -0.25) is 33.6 Å². The quantitative estimate of drug-likeness (QED) is 0.0997.